The summed E-state index contributed by atoms with van der Waals surface area (Å²) in [5.41, 5.74) is 0.822. The lowest BCUT2D eigenvalue weighted by Gasteiger charge is -2.10. The Labute approximate surface area is 195 Å². The number of rotatable bonds is 8. The van der Waals surface area contributed by atoms with E-state index in [1.165, 1.54) is 4.57 Å². The van der Waals surface area contributed by atoms with Crippen LogP contribution in [0.15, 0.2) is 70.4 Å². The van der Waals surface area contributed by atoms with Crippen LogP contribution in [-0.2, 0) is 13.1 Å². The van der Waals surface area contributed by atoms with Crippen molar-refractivity contribution in [3.8, 4) is 17.4 Å². The van der Waals surface area contributed by atoms with E-state index in [0.29, 0.717) is 41.4 Å². The molecular weight excluding hydrogens is 436 g/mol. The number of hydrogen-bond acceptors (Lipinski definition) is 6. The molecule has 4 rings (SSSR count). The quantitative estimate of drug-likeness (QED) is 0.390. The van der Waals surface area contributed by atoms with Crippen LogP contribution in [0, 0.1) is 0 Å². The zero-order chi connectivity index (χ0) is 24.1. The van der Waals surface area contributed by atoms with E-state index < -0.39 is 11.1 Å². The average Bonchev–Trinajstić information content (AvgIpc) is 2.85. The van der Waals surface area contributed by atoms with Gasteiger partial charge in [0.2, 0.25) is 5.88 Å². The maximum Gasteiger partial charge on any atom is 0.316 e. The number of benzene rings is 2. The Morgan fingerprint density at radius 1 is 1.03 bits per heavy atom. The molecule has 2 heterocycles. The Morgan fingerprint density at radius 3 is 2.53 bits per heavy atom. The molecule has 0 fully saturated rings. The van der Waals surface area contributed by atoms with Gasteiger partial charge in [-0.2, -0.15) is 0 Å². The standard InChI is InChI=1S/C25H24N4O5/c1-3-29-21-10-5-17(14-20(21)28-24(31)25(29)32)23(30)27-15-16-11-12-26-22(13-16)34-19-8-6-18(7-9-19)33-4-2/h5-14H,3-4,15H2,1-2H3,(H,27,30)(H,28,31). The summed E-state index contributed by atoms with van der Waals surface area (Å²) in [6.45, 7) is 4.90. The number of fused-ring (bicyclic) bond motifs is 1. The van der Waals surface area contributed by atoms with Crippen molar-refractivity contribution in [2.45, 2.75) is 26.9 Å². The van der Waals surface area contributed by atoms with E-state index in [1.807, 2.05) is 19.1 Å². The summed E-state index contributed by atoms with van der Waals surface area (Å²) in [5, 5.41) is 2.85. The Balaban J connectivity index is 1.45. The molecule has 9 heteroatoms. The molecule has 0 spiro atoms. The van der Waals surface area contributed by atoms with Crippen LogP contribution in [0.4, 0.5) is 0 Å². The number of carbonyl (C=O) groups excluding carboxylic acids is 1. The Kier molecular flexibility index (Phi) is 6.72. The molecular formula is C25H24N4O5. The van der Waals surface area contributed by atoms with Crippen molar-refractivity contribution < 1.29 is 14.3 Å². The van der Waals surface area contributed by atoms with Gasteiger partial charge in [-0.15, -0.1) is 0 Å². The van der Waals surface area contributed by atoms with Gasteiger partial charge in [-0.25, -0.2) is 4.98 Å². The normalized spacial score (nSPS) is 10.8. The van der Waals surface area contributed by atoms with Crippen molar-refractivity contribution in [2.75, 3.05) is 6.61 Å². The van der Waals surface area contributed by atoms with Crippen LogP contribution < -0.4 is 25.9 Å². The van der Waals surface area contributed by atoms with E-state index >= 15 is 0 Å². The van der Waals surface area contributed by atoms with Gasteiger partial charge in [0.1, 0.15) is 11.5 Å². The van der Waals surface area contributed by atoms with Gasteiger partial charge in [-0.05, 0) is 67.9 Å². The number of aromatic nitrogens is 3. The molecule has 0 bridgehead atoms. The van der Waals surface area contributed by atoms with Gasteiger partial charge in [-0.1, -0.05) is 0 Å². The van der Waals surface area contributed by atoms with Crippen LogP contribution >= 0.6 is 0 Å². The Morgan fingerprint density at radius 2 is 1.79 bits per heavy atom. The van der Waals surface area contributed by atoms with Gasteiger partial charge in [0.15, 0.2) is 0 Å². The highest BCUT2D eigenvalue weighted by atomic mass is 16.5. The molecule has 9 nitrogen and oxygen atoms in total. The third kappa shape index (κ3) is 4.98. The number of hydrogen-bond donors (Lipinski definition) is 2. The summed E-state index contributed by atoms with van der Waals surface area (Å²) < 4.78 is 12.6. The molecule has 0 unspecified atom stereocenters. The van der Waals surface area contributed by atoms with Crippen LogP contribution in [0.5, 0.6) is 17.4 Å². The fraction of sp³-hybridized carbons (Fsp3) is 0.200. The molecule has 0 saturated carbocycles. The first-order valence-corrected chi connectivity index (χ1v) is 10.9. The van der Waals surface area contributed by atoms with Gasteiger partial charge in [0.25, 0.3) is 5.91 Å². The fourth-order valence-electron chi connectivity index (χ4n) is 3.53. The van der Waals surface area contributed by atoms with E-state index in [4.69, 9.17) is 9.47 Å². The minimum absolute atomic E-state index is 0.254. The van der Waals surface area contributed by atoms with Crippen molar-refractivity contribution in [3.63, 3.8) is 0 Å². The fourth-order valence-corrected chi connectivity index (χ4v) is 3.53. The average molecular weight is 460 g/mol. The van der Waals surface area contributed by atoms with Gasteiger partial charge in [-0.3, -0.25) is 14.4 Å². The molecule has 0 aliphatic rings. The molecule has 0 aliphatic heterocycles. The van der Waals surface area contributed by atoms with E-state index in [-0.39, 0.29) is 12.5 Å². The van der Waals surface area contributed by atoms with Gasteiger partial charge >= 0.3 is 11.1 Å². The second kappa shape index (κ2) is 10.0. The van der Waals surface area contributed by atoms with E-state index in [2.05, 4.69) is 15.3 Å². The summed E-state index contributed by atoms with van der Waals surface area (Å²) in [7, 11) is 0. The predicted molar refractivity (Wildman–Crippen MR) is 128 cm³/mol. The van der Waals surface area contributed by atoms with Crippen LogP contribution in [0.2, 0.25) is 0 Å². The lowest BCUT2D eigenvalue weighted by Crippen LogP contribution is -2.36. The molecule has 4 aromatic rings. The lowest BCUT2D eigenvalue weighted by atomic mass is 10.1. The Hall–Kier alpha value is -4.40. The third-order valence-electron chi connectivity index (χ3n) is 5.16. The van der Waals surface area contributed by atoms with E-state index in [9.17, 15) is 14.4 Å². The summed E-state index contributed by atoms with van der Waals surface area (Å²) in [4.78, 5) is 43.4. The third-order valence-corrected chi connectivity index (χ3v) is 5.16. The molecule has 0 atom stereocenters. The molecule has 0 radical (unpaired) electrons. The van der Waals surface area contributed by atoms with Gasteiger partial charge < -0.3 is 24.3 Å². The molecule has 1 amide bonds. The number of amides is 1. The zero-order valence-electron chi connectivity index (χ0n) is 18.8. The van der Waals surface area contributed by atoms with Crippen LogP contribution in [0.3, 0.4) is 0 Å². The number of ether oxygens (including phenoxy) is 2. The zero-order valence-corrected chi connectivity index (χ0v) is 18.8. The first-order valence-electron chi connectivity index (χ1n) is 10.9. The molecule has 0 aliphatic carbocycles. The number of nitrogens with zero attached hydrogens (tertiary/aromatic N) is 2. The van der Waals surface area contributed by atoms with Crippen molar-refractivity contribution in [3.05, 3.63) is 92.6 Å². The monoisotopic (exact) mass is 460 g/mol. The van der Waals surface area contributed by atoms with Crippen LogP contribution in [-0.4, -0.2) is 27.0 Å². The predicted octanol–water partition coefficient (Wildman–Crippen LogP) is 3.23. The molecule has 2 aromatic carbocycles. The van der Waals surface area contributed by atoms with Crippen LogP contribution in [0.1, 0.15) is 29.8 Å². The number of aromatic amines is 1. The molecule has 174 valence electrons. The minimum Gasteiger partial charge on any atom is -0.494 e. The lowest BCUT2D eigenvalue weighted by molar-refractivity contribution is 0.0951. The van der Waals surface area contributed by atoms with Gasteiger partial charge in [0.05, 0.1) is 17.6 Å². The Bertz CT molecular complexity index is 1440. The van der Waals surface area contributed by atoms with Crippen molar-refractivity contribution in [1.29, 1.82) is 0 Å². The summed E-state index contributed by atoms with van der Waals surface area (Å²) in [5.74, 6) is 1.46. The maximum absolute atomic E-state index is 12.7. The van der Waals surface area contributed by atoms with Crippen molar-refractivity contribution in [2.24, 2.45) is 0 Å². The van der Waals surface area contributed by atoms with E-state index in [1.54, 1.807) is 55.6 Å². The van der Waals surface area contributed by atoms with E-state index in [0.717, 1.165) is 11.3 Å². The number of pyridine rings is 1. The highest BCUT2D eigenvalue weighted by molar-refractivity contribution is 5.97. The number of H-pyrrole nitrogens is 1. The number of carbonyl (C=O) groups is 1. The number of aryl methyl sites for hydroxylation is 1. The van der Waals surface area contributed by atoms with Crippen LogP contribution in [0.25, 0.3) is 11.0 Å². The highest BCUT2D eigenvalue weighted by Gasteiger charge is 2.11. The summed E-state index contributed by atoms with van der Waals surface area (Å²) in [6, 6.07) is 15.6. The molecule has 0 saturated heterocycles. The highest BCUT2D eigenvalue weighted by Crippen LogP contribution is 2.23. The van der Waals surface area contributed by atoms with Gasteiger partial charge in [0, 0.05) is 30.9 Å². The smallest absolute Gasteiger partial charge is 0.316 e. The second-order valence-electron chi connectivity index (χ2n) is 7.43. The SMILES string of the molecule is CCOc1ccc(Oc2cc(CNC(=O)c3ccc4c(c3)[nH]c(=O)c(=O)n4CC)ccn2)cc1. The number of nitrogens with one attached hydrogen (secondary N) is 2. The second-order valence-corrected chi connectivity index (χ2v) is 7.43. The largest absolute Gasteiger partial charge is 0.494 e. The molecule has 34 heavy (non-hydrogen) atoms. The first kappa shape index (κ1) is 22.8. The summed E-state index contributed by atoms with van der Waals surface area (Å²) >= 11 is 0. The minimum atomic E-state index is -0.719. The maximum atomic E-state index is 12.7. The molecule has 2 aromatic heterocycles. The molecule has 2 N–H and O–H groups in total. The van der Waals surface area contributed by atoms with Crippen molar-refractivity contribution in [1.82, 2.24) is 19.9 Å². The first-order chi connectivity index (χ1) is 16.5. The summed E-state index contributed by atoms with van der Waals surface area (Å²) in [6.07, 6.45) is 1.61. The topological polar surface area (TPSA) is 115 Å². The van der Waals surface area contributed by atoms with Crippen molar-refractivity contribution >= 4 is 16.9 Å².